The summed E-state index contributed by atoms with van der Waals surface area (Å²) < 4.78 is 24.9. The van der Waals surface area contributed by atoms with Crippen LogP contribution >= 0.6 is 15.6 Å². The Labute approximate surface area is 183 Å². The van der Waals surface area contributed by atoms with Crippen LogP contribution in [-0.2, 0) is 28.9 Å². The fraction of sp³-hybridized carbons (Fsp3) is 0. The Morgan fingerprint density at radius 2 is 0.600 bits per heavy atom. The molecule has 9 nitrogen and oxygen atoms in total. The Hall–Kier alpha value is 4.32. The van der Waals surface area contributed by atoms with Crippen molar-refractivity contribution in [3.8, 4) is 0 Å². The van der Waals surface area contributed by atoms with Crippen LogP contribution < -0.4 is 29.4 Å². The van der Waals surface area contributed by atoms with E-state index in [1.54, 1.807) is 0 Å². The maximum atomic E-state index is 8.55. The molecule has 0 heterocycles. The first-order chi connectivity index (χ1) is 5.00. The van der Waals surface area contributed by atoms with Crippen molar-refractivity contribution < 1.29 is 58.3 Å². The molecule has 15 heteroatoms. The van der Waals surface area contributed by atoms with Crippen molar-refractivity contribution in [2.75, 3.05) is 0 Å². The first kappa shape index (κ1) is 36.5. The monoisotopic (exact) mass is 389 g/mol. The van der Waals surface area contributed by atoms with Crippen molar-refractivity contribution >= 4 is 129 Å². The molecule has 81 valence electrons. The molecular weight excluding hydrogens is 390 g/mol. The molecule has 0 unspecified atom stereocenters. The Morgan fingerprint density at radius 1 is 0.600 bits per heavy atom. The zero-order valence-corrected chi connectivity index (χ0v) is 16.3. The van der Waals surface area contributed by atoms with Crippen LogP contribution in [0.2, 0.25) is 0 Å². The van der Waals surface area contributed by atoms with Gasteiger partial charge in [-0.05, 0) is 0 Å². The van der Waals surface area contributed by atoms with Gasteiger partial charge in [0.15, 0.2) is 0 Å². The van der Waals surface area contributed by atoms with Crippen molar-refractivity contribution in [3.05, 3.63) is 0 Å². The Kier molecular flexibility index (Phi) is 50.3. The van der Waals surface area contributed by atoms with Gasteiger partial charge in [-0.2, -0.15) is 15.6 Å². The molecule has 0 aromatic heterocycles. The van der Waals surface area contributed by atoms with E-state index in [4.69, 9.17) is 42.3 Å². The second kappa shape index (κ2) is 20.6. The van der Waals surface area contributed by atoms with Crippen LogP contribution in [0.15, 0.2) is 0 Å². The standard InChI is InChI=1S/3Ca.Cu.2H3O4P.O/c;;;;2*1-5(2,3)4;/h;;;;2*(H3,1,2,3,4);/q3*+2;;;;/p-6. The first-order valence-electron chi connectivity index (χ1n) is 1.58. The van der Waals surface area contributed by atoms with Gasteiger partial charge < -0.3 is 38.5 Å². The summed E-state index contributed by atoms with van der Waals surface area (Å²) in [5, 5.41) is 0. The predicted molar refractivity (Wildman–Crippen MR) is 33.2 cm³/mol. The van der Waals surface area contributed by atoms with Crippen LogP contribution in [0, 0.1) is 0 Å². The number of hydrogen-bond donors (Lipinski definition) is 0. The van der Waals surface area contributed by atoms with E-state index in [1.807, 2.05) is 0 Å². The third-order valence-electron chi connectivity index (χ3n) is 0. The van der Waals surface area contributed by atoms with Crippen LogP contribution in [0.5, 0.6) is 0 Å². The molecule has 0 radical (unpaired) electrons. The van der Waals surface area contributed by atoms with Crippen molar-refractivity contribution in [1.29, 1.82) is 0 Å². The van der Waals surface area contributed by atoms with Gasteiger partial charge in [0, 0.05) is 0 Å². The molecule has 0 amide bonds. The Bertz CT molecular complexity index is 147. The summed E-state index contributed by atoms with van der Waals surface area (Å²) in [5.74, 6) is 0. The average Bonchev–Trinajstić information content (AvgIpc) is 1.59. The van der Waals surface area contributed by atoms with Gasteiger partial charge >= 0.3 is 133 Å². The Balaban J connectivity index is -0.0000000197. The molecule has 15 heavy (non-hydrogen) atoms. The van der Waals surface area contributed by atoms with Gasteiger partial charge in [-0.25, -0.2) is 0 Å². The molecule has 0 saturated heterocycles. The molecule has 0 saturated carbocycles. The van der Waals surface area contributed by atoms with Gasteiger partial charge in [0.2, 0.25) is 0 Å². The van der Waals surface area contributed by atoms with E-state index < -0.39 is 15.6 Å². The van der Waals surface area contributed by atoms with Crippen molar-refractivity contribution in [2.45, 2.75) is 0 Å². The number of hydrogen-bond acceptors (Lipinski definition) is 9. The minimum atomic E-state index is -5.39. The molecule has 0 aromatic rings. The molecule has 0 aliphatic carbocycles. The van der Waals surface area contributed by atoms with Crippen molar-refractivity contribution in [3.63, 3.8) is 0 Å². The molecule has 0 atom stereocenters. The molecule has 0 N–H and O–H groups in total. The van der Waals surface area contributed by atoms with E-state index in [-0.39, 0.29) is 113 Å². The average molecular weight is 390 g/mol. The molecular formula is Ca3CuO9P2. The molecule has 0 rings (SSSR count). The summed E-state index contributed by atoms with van der Waals surface area (Å²) in [7, 11) is -10.8. The van der Waals surface area contributed by atoms with Crippen LogP contribution in [-0.4, -0.2) is 113 Å². The van der Waals surface area contributed by atoms with E-state index in [0.29, 0.717) is 0 Å². The van der Waals surface area contributed by atoms with E-state index >= 15 is 0 Å². The number of phosphoric acid groups is 2. The normalized spacial score (nSPS) is 8.27. The van der Waals surface area contributed by atoms with Gasteiger partial charge in [-0.1, -0.05) is 0 Å². The fourth-order valence-electron chi connectivity index (χ4n) is 0. The summed E-state index contributed by atoms with van der Waals surface area (Å²) >= 11 is 2.94. The van der Waals surface area contributed by atoms with Gasteiger partial charge in [0.05, 0.1) is 0 Å². The third kappa shape index (κ3) is 262. The molecule has 0 bridgehead atoms. The molecule has 0 spiro atoms. The third-order valence-corrected chi connectivity index (χ3v) is 0. The van der Waals surface area contributed by atoms with Gasteiger partial charge in [-0.15, -0.1) is 0 Å². The summed E-state index contributed by atoms with van der Waals surface area (Å²) in [6.45, 7) is 0. The van der Waals surface area contributed by atoms with Gasteiger partial charge in [-0.3, -0.25) is 0 Å². The quantitative estimate of drug-likeness (QED) is 0.286. The van der Waals surface area contributed by atoms with Crippen LogP contribution in [0.3, 0.4) is 0 Å². The van der Waals surface area contributed by atoms with E-state index in [9.17, 15) is 0 Å². The second-order valence-electron chi connectivity index (χ2n) is 0.894. The minimum absolute atomic E-state index is 0. The predicted octanol–water partition coefficient (Wildman–Crippen LogP) is -6.91. The van der Waals surface area contributed by atoms with Gasteiger partial charge in [0.25, 0.3) is 0 Å². The van der Waals surface area contributed by atoms with Crippen molar-refractivity contribution in [1.82, 2.24) is 0 Å². The van der Waals surface area contributed by atoms with Crippen LogP contribution in [0.4, 0.5) is 0 Å². The summed E-state index contributed by atoms with van der Waals surface area (Å²) in [6.07, 6.45) is 0. The van der Waals surface area contributed by atoms with Crippen LogP contribution in [0.1, 0.15) is 0 Å². The fourth-order valence-corrected chi connectivity index (χ4v) is 0. The maximum absolute atomic E-state index is 8.55. The second-order valence-corrected chi connectivity index (χ2v) is 2.68. The zero-order chi connectivity index (χ0) is 11.0. The first-order valence-corrected chi connectivity index (χ1v) is 4.89. The topological polar surface area (TPSA) is 190 Å². The summed E-state index contributed by atoms with van der Waals surface area (Å²) in [6, 6.07) is 0. The van der Waals surface area contributed by atoms with E-state index in [1.165, 1.54) is 0 Å². The molecule has 0 aromatic carbocycles. The van der Waals surface area contributed by atoms with Crippen molar-refractivity contribution in [2.24, 2.45) is 0 Å². The summed E-state index contributed by atoms with van der Waals surface area (Å²) in [4.78, 5) is 51.3. The zero-order valence-electron chi connectivity index (χ0n) is 6.99. The van der Waals surface area contributed by atoms with E-state index in [0.717, 1.165) is 0 Å². The molecule has 0 aliphatic heterocycles. The summed E-state index contributed by atoms with van der Waals surface area (Å²) in [5.41, 5.74) is 0. The van der Waals surface area contributed by atoms with Crippen LogP contribution in [0.25, 0.3) is 0 Å². The van der Waals surface area contributed by atoms with Gasteiger partial charge in [0.1, 0.15) is 0 Å². The number of rotatable bonds is 0. The van der Waals surface area contributed by atoms with E-state index in [2.05, 4.69) is 15.9 Å². The molecule has 0 fully saturated rings. The molecule has 0 aliphatic rings. The Morgan fingerprint density at radius 3 is 0.600 bits per heavy atom. The SMILES string of the molecule is O=P([O-])([O-])[O-].O=P([O-])([O-])[O-].[Ca+2].[Ca+2].[Ca+2].[O]=[Cu].